The average Bonchev–Trinajstić information content (AvgIpc) is 3.16. The molecule has 0 aliphatic rings. The summed E-state index contributed by atoms with van der Waals surface area (Å²) in [5, 5.41) is 8.78. The predicted octanol–water partition coefficient (Wildman–Crippen LogP) is 6.16. The van der Waals surface area contributed by atoms with Gasteiger partial charge in [-0.05, 0) is 77.9 Å². The summed E-state index contributed by atoms with van der Waals surface area (Å²) in [5.74, 6) is -0.238. The fraction of sp³-hybridized carbons (Fsp3) is 0.0714. The molecule has 0 saturated heterocycles. The molecule has 1 heterocycles. The van der Waals surface area contributed by atoms with Crippen LogP contribution in [0.5, 0.6) is 0 Å². The zero-order valence-electron chi connectivity index (χ0n) is 18.0. The number of nitrogens with one attached hydrogen (secondary N) is 1. The van der Waals surface area contributed by atoms with Crippen LogP contribution in [0.2, 0.25) is 0 Å². The molecule has 0 bridgehead atoms. The van der Waals surface area contributed by atoms with Crippen molar-refractivity contribution in [2.24, 2.45) is 5.10 Å². The van der Waals surface area contributed by atoms with E-state index in [0.29, 0.717) is 5.56 Å². The highest BCUT2D eigenvalue weighted by Gasteiger charge is 2.08. The van der Waals surface area contributed by atoms with Gasteiger partial charge in [0.2, 0.25) is 0 Å². The molecule has 1 aromatic heterocycles. The largest absolute Gasteiger partial charge is 0.319 e. The van der Waals surface area contributed by atoms with E-state index in [1.165, 1.54) is 0 Å². The maximum Gasteiger partial charge on any atom is 0.271 e. The zero-order valence-corrected chi connectivity index (χ0v) is 18.0. The highest BCUT2D eigenvalue weighted by Crippen LogP contribution is 2.27. The molecule has 1 amide bonds. The maximum absolute atomic E-state index is 12.7. The molecule has 156 valence electrons. The molecule has 1 N–H and O–H groups in total. The van der Waals surface area contributed by atoms with Gasteiger partial charge >= 0.3 is 0 Å². The van der Waals surface area contributed by atoms with Gasteiger partial charge < -0.3 is 4.57 Å². The molecule has 0 aliphatic carbocycles. The number of aryl methyl sites for hydroxylation is 2. The minimum Gasteiger partial charge on any atom is -0.319 e. The number of carbonyl (C=O) groups excluding carboxylic acids is 1. The number of fused-ring (bicyclic) bond motifs is 2. The Labute approximate surface area is 186 Å². The lowest BCUT2D eigenvalue weighted by molar-refractivity contribution is 0.0955. The molecule has 0 atom stereocenters. The topological polar surface area (TPSA) is 46.4 Å². The fourth-order valence-corrected chi connectivity index (χ4v) is 4.25. The first-order valence-electron chi connectivity index (χ1n) is 10.6. The molecule has 0 unspecified atom stereocenters. The lowest BCUT2D eigenvalue weighted by atomic mass is 9.97. The Morgan fingerprint density at radius 2 is 1.34 bits per heavy atom. The van der Waals surface area contributed by atoms with Gasteiger partial charge in [0.15, 0.2) is 0 Å². The zero-order chi connectivity index (χ0) is 22.1. The van der Waals surface area contributed by atoms with Crippen molar-refractivity contribution in [3.8, 4) is 5.69 Å². The summed E-state index contributed by atoms with van der Waals surface area (Å²) in [4.78, 5) is 12.7. The molecule has 5 aromatic rings. The van der Waals surface area contributed by atoms with Crippen molar-refractivity contribution >= 4 is 33.7 Å². The number of carbonyl (C=O) groups is 1. The minimum absolute atomic E-state index is 0.238. The van der Waals surface area contributed by atoms with E-state index in [-0.39, 0.29) is 5.91 Å². The van der Waals surface area contributed by atoms with Gasteiger partial charge in [-0.25, -0.2) is 5.43 Å². The molecule has 0 spiro atoms. The van der Waals surface area contributed by atoms with Crippen LogP contribution < -0.4 is 5.43 Å². The predicted molar refractivity (Wildman–Crippen MR) is 132 cm³/mol. The van der Waals surface area contributed by atoms with Crippen molar-refractivity contribution in [1.29, 1.82) is 0 Å². The number of nitrogens with zero attached hydrogens (tertiary/aromatic N) is 2. The van der Waals surface area contributed by atoms with Gasteiger partial charge in [0.05, 0.1) is 6.21 Å². The van der Waals surface area contributed by atoms with E-state index in [1.54, 1.807) is 6.21 Å². The molecular formula is C28H23N3O. The molecule has 0 fully saturated rings. The average molecular weight is 418 g/mol. The summed E-state index contributed by atoms with van der Waals surface area (Å²) in [5.41, 5.74) is 7.59. The quantitative estimate of drug-likeness (QED) is 0.212. The SMILES string of the molecule is Cc1ccc(C)n1-c1ccc(C(=O)N/N=C\c2c3ccccc3cc3ccccc23)cc1. The Kier molecular flexibility index (Phi) is 5.04. The van der Waals surface area contributed by atoms with Crippen LogP contribution in [-0.4, -0.2) is 16.7 Å². The second-order valence-corrected chi connectivity index (χ2v) is 7.93. The third-order valence-electron chi connectivity index (χ3n) is 5.83. The molecule has 4 nitrogen and oxygen atoms in total. The monoisotopic (exact) mass is 417 g/mol. The normalized spacial score (nSPS) is 11.4. The number of amides is 1. The Balaban J connectivity index is 1.41. The van der Waals surface area contributed by atoms with Crippen molar-refractivity contribution in [2.45, 2.75) is 13.8 Å². The second kappa shape index (κ2) is 8.16. The van der Waals surface area contributed by atoms with E-state index in [0.717, 1.165) is 44.2 Å². The Bertz CT molecular complexity index is 1400. The van der Waals surface area contributed by atoms with Crippen molar-refractivity contribution in [3.63, 3.8) is 0 Å². The lowest BCUT2D eigenvalue weighted by Crippen LogP contribution is -2.17. The van der Waals surface area contributed by atoms with Crippen LogP contribution in [0.1, 0.15) is 27.3 Å². The molecule has 5 rings (SSSR count). The number of hydrogen-bond donors (Lipinski definition) is 1. The minimum atomic E-state index is -0.238. The Morgan fingerprint density at radius 3 is 1.94 bits per heavy atom. The van der Waals surface area contributed by atoms with Crippen LogP contribution in [0.25, 0.3) is 27.2 Å². The first-order valence-corrected chi connectivity index (χ1v) is 10.6. The van der Waals surface area contributed by atoms with E-state index >= 15 is 0 Å². The van der Waals surface area contributed by atoms with E-state index < -0.39 is 0 Å². The van der Waals surface area contributed by atoms with Gasteiger partial charge in [0, 0.05) is 28.2 Å². The van der Waals surface area contributed by atoms with Crippen LogP contribution in [0.3, 0.4) is 0 Å². The van der Waals surface area contributed by atoms with E-state index in [1.807, 2.05) is 48.5 Å². The van der Waals surface area contributed by atoms with Gasteiger partial charge in [0.1, 0.15) is 0 Å². The highest BCUT2D eigenvalue weighted by atomic mass is 16.2. The summed E-state index contributed by atoms with van der Waals surface area (Å²) < 4.78 is 2.16. The Morgan fingerprint density at radius 1 is 0.781 bits per heavy atom. The van der Waals surface area contributed by atoms with Crippen LogP contribution in [-0.2, 0) is 0 Å². The maximum atomic E-state index is 12.7. The number of hydrazone groups is 1. The third kappa shape index (κ3) is 3.56. The van der Waals surface area contributed by atoms with Crippen LogP contribution in [0.15, 0.2) is 96.1 Å². The smallest absolute Gasteiger partial charge is 0.271 e. The summed E-state index contributed by atoms with van der Waals surface area (Å²) in [6.45, 7) is 4.14. The third-order valence-corrected chi connectivity index (χ3v) is 5.83. The highest BCUT2D eigenvalue weighted by molar-refractivity contribution is 6.13. The van der Waals surface area contributed by atoms with E-state index in [4.69, 9.17) is 0 Å². The standard InChI is InChI=1S/C28H23N3O/c1-19-11-12-20(2)31(19)24-15-13-21(14-16-24)28(32)30-29-18-27-25-9-5-3-7-22(25)17-23-8-4-6-10-26(23)27/h3-18H,1-2H3,(H,30,32)/b29-18-. The summed E-state index contributed by atoms with van der Waals surface area (Å²) >= 11 is 0. The number of hydrogen-bond acceptors (Lipinski definition) is 2. The van der Waals surface area contributed by atoms with Crippen molar-refractivity contribution in [2.75, 3.05) is 0 Å². The second-order valence-electron chi connectivity index (χ2n) is 7.93. The fourth-order valence-electron chi connectivity index (χ4n) is 4.25. The molecule has 32 heavy (non-hydrogen) atoms. The molecule has 4 heteroatoms. The number of rotatable bonds is 4. The summed E-state index contributed by atoms with van der Waals surface area (Å²) in [7, 11) is 0. The van der Waals surface area contributed by atoms with E-state index in [9.17, 15) is 4.79 Å². The molecule has 0 saturated carbocycles. The van der Waals surface area contributed by atoms with Crippen molar-refractivity contribution in [1.82, 2.24) is 9.99 Å². The number of aromatic nitrogens is 1. The van der Waals surface area contributed by atoms with Gasteiger partial charge in [-0.3, -0.25) is 4.79 Å². The van der Waals surface area contributed by atoms with Gasteiger partial charge in [-0.2, -0.15) is 5.10 Å². The number of benzene rings is 4. The molecule has 4 aromatic carbocycles. The summed E-state index contributed by atoms with van der Waals surface area (Å²) in [6.07, 6.45) is 1.74. The van der Waals surface area contributed by atoms with Crippen molar-refractivity contribution < 1.29 is 4.79 Å². The molecular weight excluding hydrogens is 394 g/mol. The first-order chi connectivity index (χ1) is 15.6. The van der Waals surface area contributed by atoms with Gasteiger partial charge in [-0.1, -0.05) is 48.5 Å². The molecule has 0 aliphatic heterocycles. The van der Waals surface area contributed by atoms with Crippen molar-refractivity contribution in [3.05, 3.63) is 114 Å². The van der Waals surface area contributed by atoms with Gasteiger partial charge in [0.25, 0.3) is 5.91 Å². The van der Waals surface area contributed by atoms with Crippen LogP contribution >= 0.6 is 0 Å². The summed E-state index contributed by atoms with van der Waals surface area (Å²) in [6, 6.07) is 30.3. The lowest BCUT2D eigenvalue weighted by Gasteiger charge is -2.10. The van der Waals surface area contributed by atoms with E-state index in [2.05, 4.69) is 71.4 Å². The Hall–Kier alpha value is -4.18. The molecule has 0 radical (unpaired) electrons. The van der Waals surface area contributed by atoms with Crippen LogP contribution in [0.4, 0.5) is 0 Å². The van der Waals surface area contributed by atoms with Gasteiger partial charge in [-0.15, -0.1) is 0 Å². The van der Waals surface area contributed by atoms with Crippen LogP contribution in [0, 0.1) is 13.8 Å². The first kappa shape index (κ1) is 19.8.